The van der Waals surface area contributed by atoms with Gasteiger partial charge in [-0.2, -0.15) is 5.26 Å². The Balaban J connectivity index is 1.39. The molecule has 8 nitrogen and oxygen atoms in total. The lowest BCUT2D eigenvalue weighted by atomic mass is 9.72. The van der Waals surface area contributed by atoms with Crippen LogP contribution >= 0.6 is 23.1 Å². The van der Waals surface area contributed by atoms with E-state index in [9.17, 15) is 14.9 Å². The average Bonchev–Trinajstić information content (AvgIpc) is 3.40. The van der Waals surface area contributed by atoms with Crippen LogP contribution < -0.4 is 10.6 Å². The van der Waals surface area contributed by atoms with E-state index in [2.05, 4.69) is 52.7 Å². The standard InChI is InChI=1S/C25H28N6O2S2/c1-14(32)27-17-7-5-6-15(10-17)22-29-24(31-30-22)34-13-21(33)28-23-19(12-26)18-9-8-16(25(2,3)4)11-20(18)35-23/h5-7,10,16H,8-9,11,13H2,1-4H3,(H,27,32)(H,28,33)(H,29,30,31)/t16-/m0/s1. The van der Waals surface area contributed by atoms with E-state index in [1.54, 1.807) is 12.1 Å². The zero-order valence-electron chi connectivity index (χ0n) is 20.2. The summed E-state index contributed by atoms with van der Waals surface area (Å²) in [7, 11) is 0. The van der Waals surface area contributed by atoms with Crippen LogP contribution in [-0.4, -0.2) is 32.7 Å². The third-order valence-corrected chi connectivity index (χ3v) is 8.13. The number of nitriles is 1. The summed E-state index contributed by atoms with van der Waals surface area (Å²) in [5.41, 5.74) is 3.36. The molecule has 3 aromatic rings. The number of anilines is 2. The number of amides is 2. The monoisotopic (exact) mass is 508 g/mol. The molecule has 1 aliphatic carbocycles. The Hall–Kier alpha value is -3.16. The Bertz CT molecular complexity index is 1300. The van der Waals surface area contributed by atoms with Crippen LogP contribution in [0, 0.1) is 22.7 Å². The van der Waals surface area contributed by atoms with E-state index in [-0.39, 0.29) is 23.0 Å². The van der Waals surface area contributed by atoms with E-state index in [4.69, 9.17) is 0 Å². The number of hydrogen-bond donors (Lipinski definition) is 3. The number of fused-ring (bicyclic) bond motifs is 1. The van der Waals surface area contributed by atoms with Gasteiger partial charge in [0.15, 0.2) is 5.82 Å². The van der Waals surface area contributed by atoms with Crippen LogP contribution in [0.5, 0.6) is 0 Å². The fraction of sp³-hybridized carbons (Fsp3) is 0.400. The van der Waals surface area contributed by atoms with Crippen LogP contribution in [0.1, 0.15) is 50.1 Å². The Kier molecular flexibility index (Phi) is 7.28. The van der Waals surface area contributed by atoms with Gasteiger partial charge in [0.1, 0.15) is 11.1 Å². The summed E-state index contributed by atoms with van der Waals surface area (Å²) in [6.07, 6.45) is 2.89. The van der Waals surface area contributed by atoms with Crippen molar-refractivity contribution >= 4 is 45.6 Å². The van der Waals surface area contributed by atoms with Crippen molar-refractivity contribution in [3.05, 3.63) is 40.3 Å². The molecule has 0 unspecified atom stereocenters. The molecule has 10 heteroatoms. The molecule has 2 heterocycles. The third kappa shape index (κ3) is 5.92. The van der Waals surface area contributed by atoms with Crippen molar-refractivity contribution in [1.29, 1.82) is 5.26 Å². The normalized spacial score (nSPS) is 15.2. The molecule has 4 rings (SSSR count). The minimum absolute atomic E-state index is 0.126. The van der Waals surface area contributed by atoms with Crippen LogP contribution in [0.25, 0.3) is 11.4 Å². The van der Waals surface area contributed by atoms with Gasteiger partial charge in [-0.15, -0.1) is 16.4 Å². The topological polar surface area (TPSA) is 124 Å². The molecule has 1 aromatic carbocycles. The first-order chi connectivity index (χ1) is 16.6. The van der Waals surface area contributed by atoms with Crippen molar-refractivity contribution in [2.24, 2.45) is 11.3 Å². The first kappa shape index (κ1) is 24.9. The lowest BCUT2D eigenvalue weighted by Gasteiger charge is -2.33. The fourth-order valence-electron chi connectivity index (χ4n) is 4.21. The van der Waals surface area contributed by atoms with E-state index in [0.29, 0.717) is 33.2 Å². The molecule has 0 fully saturated rings. The van der Waals surface area contributed by atoms with Gasteiger partial charge in [-0.1, -0.05) is 44.7 Å². The molecular formula is C25H28N6O2S2. The minimum atomic E-state index is -0.198. The summed E-state index contributed by atoms with van der Waals surface area (Å²) in [6, 6.07) is 9.58. The van der Waals surface area contributed by atoms with Crippen LogP contribution in [-0.2, 0) is 22.4 Å². The maximum absolute atomic E-state index is 12.7. The molecule has 2 aromatic heterocycles. The second-order valence-corrected chi connectivity index (χ2v) is 11.7. The van der Waals surface area contributed by atoms with Crippen molar-refractivity contribution in [2.75, 3.05) is 16.4 Å². The molecule has 1 aliphatic rings. The first-order valence-electron chi connectivity index (χ1n) is 11.4. The average molecular weight is 509 g/mol. The molecule has 1 atom stereocenters. The highest BCUT2D eigenvalue weighted by molar-refractivity contribution is 7.99. The van der Waals surface area contributed by atoms with Crippen LogP contribution in [0.2, 0.25) is 0 Å². The van der Waals surface area contributed by atoms with Crippen molar-refractivity contribution < 1.29 is 9.59 Å². The Morgan fingerprint density at radius 1 is 1.31 bits per heavy atom. The zero-order valence-corrected chi connectivity index (χ0v) is 21.8. The van der Waals surface area contributed by atoms with E-state index in [1.165, 1.54) is 34.9 Å². The number of carbonyl (C=O) groups excluding carboxylic acids is 2. The van der Waals surface area contributed by atoms with Crippen molar-refractivity contribution in [3.63, 3.8) is 0 Å². The number of H-pyrrole nitrogens is 1. The van der Waals surface area contributed by atoms with Crippen LogP contribution in [0.3, 0.4) is 0 Å². The second kappa shape index (κ2) is 10.2. The van der Waals surface area contributed by atoms with Gasteiger partial charge in [-0.05, 0) is 48.3 Å². The van der Waals surface area contributed by atoms with Crippen molar-refractivity contribution in [3.8, 4) is 17.5 Å². The van der Waals surface area contributed by atoms with Gasteiger partial charge < -0.3 is 10.6 Å². The molecule has 3 N–H and O–H groups in total. The predicted octanol–water partition coefficient (Wildman–Crippen LogP) is 5.25. The number of nitrogens with zero attached hydrogens (tertiary/aromatic N) is 3. The van der Waals surface area contributed by atoms with E-state index in [0.717, 1.165) is 30.4 Å². The SMILES string of the molecule is CC(=O)Nc1cccc(-c2nc(SCC(=O)Nc3sc4c(c3C#N)CC[C@H](C(C)(C)C)C4)n[nH]2)c1. The number of aromatic nitrogens is 3. The Morgan fingerprint density at radius 2 is 2.11 bits per heavy atom. The van der Waals surface area contributed by atoms with E-state index >= 15 is 0 Å². The minimum Gasteiger partial charge on any atom is -0.326 e. The van der Waals surface area contributed by atoms with Crippen LogP contribution in [0.15, 0.2) is 29.4 Å². The molecule has 0 radical (unpaired) electrons. The quantitative estimate of drug-likeness (QED) is 0.391. The maximum atomic E-state index is 12.7. The number of aromatic amines is 1. The molecule has 182 valence electrons. The maximum Gasteiger partial charge on any atom is 0.235 e. The second-order valence-electron chi connectivity index (χ2n) is 9.69. The summed E-state index contributed by atoms with van der Waals surface area (Å²) in [6.45, 7) is 8.23. The first-order valence-corrected chi connectivity index (χ1v) is 13.2. The summed E-state index contributed by atoms with van der Waals surface area (Å²) >= 11 is 2.75. The number of rotatable bonds is 6. The van der Waals surface area contributed by atoms with Gasteiger partial charge in [0.2, 0.25) is 17.0 Å². The van der Waals surface area contributed by atoms with Gasteiger partial charge in [0.25, 0.3) is 0 Å². The number of benzene rings is 1. The number of hydrogen-bond acceptors (Lipinski definition) is 7. The highest BCUT2D eigenvalue weighted by Crippen LogP contribution is 2.44. The highest BCUT2D eigenvalue weighted by Gasteiger charge is 2.32. The van der Waals surface area contributed by atoms with Gasteiger partial charge in [0.05, 0.1) is 11.3 Å². The van der Waals surface area contributed by atoms with E-state index < -0.39 is 0 Å². The van der Waals surface area contributed by atoms with Gasteiger partial charge in [-0.25, -0.2) is 4.98 Å². The lowest BCUT2D eigenvalue weighted by molar-refractivity contribution is -0.114. The summed E-state index contributed by atoms with van der Waals surface area (Å²) < 4.78 is 0. The number of thiophene rings is 1. The molecule has 0 aliphatic heterocycles. The summed E-state index contributed by atoms with van der Waals surface area (Å²) in [5, 5.41) is 23.6. The molecular weight excluding hydrogens is 480 g/mol. The predicted molar refractivity (Wildman–Crippen MR) is 139 cm³/mol. The lowest BCUT2D eigenvalue weighted by Crippen LogP contribution is -2.26. The molecule has 0 bridgehead atoms. The fourth-order valence-corrected chi connectivity index (χ4v) is 6.10. The smallest absolute Gasteiger partial charge is 0.235 e. The summed E-state index contributed by atoms with van der Waals surface area (Å²) in [4.78, 5) is 29.6. The van der Waals surface area contributed by atoms with Crippen molar-refractivity contribution in [1.82, 2.24) is 15.2 Å². The van der Waals surface area contributed by atoms with Gasteiger partial charge in [0, 0.05) is 23.1 Å². The molecule has 0 saturated heterocycles. The van der Waals surface area contributed by atoms with Gasteiger partial charge in [-0.3, -0.25) is 14.7 Å². The highest BCUT2D eigenvalue weighted by atomic mass is 32.2. The van der Waals surface area contributed by atoms with E-state index in [1.807, 2.05) is 12.1 Å². The number of carbonyl (C=O) groups is 2. The molecule has 0 saturated carbocycles. The van der Waals surface area contributed by atoms with Gasteiger partial charge >= 0.3 is 0 Å². The zero-order chi connectivity index (χ0) is 25.2. The van der Waals surface area contributed by atoms with Crippen molar-refractivity contribution in [2.45, 2.75) is 52.1 Å². The molecule has 2 amide bonds. The van der Waals surface area contributed by atoms with Crippen LogP contribution in [0.4, 0.5) is 10.7 Å². The Morgan fingerprint density at radius 3 is 2.83 bits per heavy atom. The Labute approximate surface area is 212 Å². The third-order valence-electron chi connectivity index (χ3n) is 6.11. The number of nitrogens with one attached hydrogen (secondary N) is 3. The largest absolute Gasteiger partial charge is 0.326 e. The molecule has 0 spiro atoms. The summed E-state index contributed by atoms with van der Waals surface area (Å²) in [5.74, 6) is 0.893. The number of thioether (sulfide) groups is 1. The molecule has 35 heavy (non-hydrogen) atoms.